The van der Waals surface area contributed by atoms with E-state index in [9.17, 15) is 0 Å². The Kier molecular flexibility index (Phi) is 5.69. The Hall–Kier alpha value is -0.590. The van der Waals surface area contributed by atoms with Gasteiger partial charge >= 0.3 is 0 Å². The van der Waals surface area contributed by atoms with Crippen LogP contribution in [0.15, 0.2) is 0 Å². The number of aliphatic hydroxyl groups excluding tert-OH is 1. The van der Waals surface area contributed by atoms with Gasteiger partial charge in [0.15, 0.2) is 0 Å². The fraction of sp³-hybridized carbons (Fsp3) is 0.889. The summed E-state index contributed by atoms with van der Waals surface area (Å²) in [6, 6.07) is 2.06. The summed E-state index contributed by atoms with van der Waals surface area (Å²) in [6.45, 7) is 5.78. The Balaban J connectivity index is 3.53. The summed E-state index contributed by atoms with van der Waals surface area (Å²) in [6.07, 6.45) is 1.48. The topological polar surface area (TPSA) is 56.0 Å². The molecule has 3 nitrogen and oxygen atoms in total. The number of hydrogen-bond acceptors (Lipinski definition) is 3. The van der Waals surface area contributed by atoms with Crippen LogP contribution in [-0.2, 0) is 0 Å². The molecule has 0 aliphatic heterocycles. The lowest BCUT2D eigenvalue weighted by molar-refractivity contribution is 0.136. The van der Waals surface area contributed by atoms with Crippen molar-refractivity contribution < 1.29 is 5.11 Å². The highest BCUT2D eigenvalue weighted by Crippen LogP contribution is 2.17. The van der Waals surface area contributed by atoms with E-state index in [4.69, 9.17) is 10.4 Å². The fourth-order valence-corrected chi connectivity index (χ4v) is 0.827. The SMILES string of the molecule is CCC(C)(CO)CNCCC#N. The number of nitriles is 1. The Bertz CT molecular complexity index is 147. The van der Waals surface area contributed by atoms with Gasteiger partial charge in [0.2, 0.25) is 0 Å². The summed E-state index contributed by atoms with van der Waals surface area (Å²) in [4.78, 5) is 0. The van der Waals surface area contributed by atoms with Crippen molar-refractivity contribution in [2.24, 2.45) is 5.41 Å². The number of aliphatic hydroxyl groups is 1. The number of nitrogens with zero attached hydrogens (tertiary/aromatic N) is 1. The summed E-state index contributed by atoms with van der Waals surface area (Å²) < 4.78 is 0. The van der Waals surface area contributed by atoms with Gasteiger partial charge in [0.1, 0.15) is 0 Å². The summed E-state index contributed by atoms with van der Waals surface area (Å²) in [5.41, 5.74) is -0.0323. The molecule has 0 saturated carbocycles. The van der Waals surface area contributed by atoms with Gasteiger partial charge < -0.3 is 10.4 Å². The molecule has 3 heteroatoms. The molecular formula is C9H18N2O. The number of rotatable bonds is 6. The van der Waals surface area contributed by atoms with Crippen LogP contribution in [-0.4, -0.2) is 24.8 Å². The maximum Gasteiger partial charge on any atom is 0.0635 e. The summed E-state index contributed by atoms with van der Waals surface area (Å²) in [7, 11) is 0. The molecule has 1 unspecified atom stereocenters. The third kappa shape index (κ3) is 4.32. The monoisotopic (exact) mass is 170 g/mol. The predicted octanol–water partition coefficient (Wildman–Crippen LogP) is 0.898. The lowest BCUT2D eigenvalue weighted by atomic mass is 9.89. The Morgan fingerprint density at radius 2 is 2.25 bits per heavy atom. The van der Waals surface area contributed by atoms with Gasteiger partial charge in [0.05, 0.1) is 6.07 Å². The van der Waals surface area contributed by atoms with Gasteiger partial charge in [-0.25, -0.2) is 0 Å². The van der Waals surface area contributed by atoms with Gasteiger partial charge in [-0.15, -0.1) is 0 Å². The largest absolute Gasteiger partial charge is 0.396 e. The van der Waals surface area contributed by atoms with Crippen LogP contribution in [0.5, 0.6) is 0 Å². The van der Waals surface area contributed by atoms with Crippen molar-refractivity contribution in [2.75, 3.05) is 19.7 Å². The molecule has 2 N–H and O–H groups in total. The molecule has 0 spiro atoms. The number of hydrogen-bond donors (Lipinski definition) is 2. The lowest BCUT2D eigenvalue weighted by Gasteiger charge is -2.25. The smallest absolute Gasteiger partial charge is 0.0635 e. The third-order valence-corrected chi connectivity index (χ3v) is 2.20. The zero-order valence-electron chi connectivity index (χ0n) is 7.93. The fourth-order valence-electron chi connectivity index (χ4n) is 0.827. The molecule has 0 aromatic heterocycles. The van der Waals surface area contributed by atoms with Crippen LogP contribution in [0.4, 0.5) is 0 Å². The quantitative estimate of drug-likeness (QED) is 0.582. The first-order chi connectivity index (χ1) is 5.68. The van der Waals surface area contributed by atoms with Gasteiger partial charge in [0.25, 0.3) is 0 Å². The highest BCUT2D eigenvalue weighted by Gasteiger charge is 2.19. The highest BCUT2D eigenvalue weighted by atomic mass is 16.3. The van der Waals surface area contributed by atoms with Crippen LogP contribution >= 0.6 is 0 Å². The molecule has 0 bridgehead atoms. The Labute approximate surface area is 74.4 Å². The summed E-state index contributed by atoms with van der Waals surface area (Å²) >= 11 is 0. The van der Waals surface area contributed by atoms with E-state index < -0.39 is 0 Å². The van der Waals surface area contributed by atoms with Crippen molar-refractivity contribution in [3.8, 4) is 6.07 Å². The molecule has 0 aromatic rings. The minimum absolute atomic E-state index is 0.0323. The molecule has 0 amide bonds. The first-order valence-corrected chi connectivity index (χ1v) is 4.37. The molecule has 1 atom stereocenters. The van der Waals surface area contributed by atoms with Crippen LogP contribution in [0.3, 0.4) is 0 Å². The Morgan fingerprint density at radius 1 is 1.58 bits per heavy atom. The first kappa shape index (κ1) is 11.4. The van der Waals surface area contributed by atoms with Gasteiger partial charge in [-0.3, -0.25) is 0 Å². The van der Waals surface area contributed by atoms with Crippen LogP contribution in [0, 0.1) is 16.7 Å². The van der Waals surface area contributed by atoms with Gasteiger partial charge in [0, 0.05) is 31.5 Å². The van der Waals surface area contributed by atoms with Crippen molar-refractivity contribution in [3.05, 3.63) is 0 Å². The predicted molar refractivity (Wildman–Crippen MR) is 48.6 cm³/mol. The Morgan fingerprint density at radius 3 is 2.67 bits per heavy atom. The van der Waals surface area contributed by atoms with Crippen LogP contribution in [0.1, 0.15) is 26.7 Å². The second kappa shape index (κ2) is 5.99. The average molecular weight is 170 g/mol. The molecule has 0 aliphatic carbocycles. The van der Waals surface area contributed by atoms with E-state index in [1.165, 1.54) is 0 Å². The maximum atomic E-state index is 9.04. The zero-order chi connectivity index (χ0) is 9.45. The van der Waals surface area contributed by atoms with Crippen LogP contribution < -0.4 is 5.32 Å². The second-order valence-electron chi connectivity index (χ2n) is 3.41. The summed E-state index contributed by atoms with van der Waals surface area (Å²) in [5, 5.41) is 20.5. The lowest BCUT2D eigenvalue weighted by Crippen LogP contribution is -2.34. The molecule has 0 aromatic carbocycles. The van der Waals surface area contributed by atoms with Gasteiger partial charge in [-0.2, -0.15) is 5.26 Å². The zero-order valence-corrected chi connectivity index (χ0v) is 7.93. The molecule has 0 aliphatic rings. The molecule has 0 saturated heterocycles. The molecule has 0 heterocycles. The second-order valence-corrected chi connectivity index (χ2v) is 3.41. The summed E-state index contributed by atoms with van der Waals surface area (Å²) in [5.74, 6) is 0. The molecular weight excluding hydrogens is 152 g/mol. The normalized spacial score (nSPS) is 15.2. The molecule has 0 rings (SSSR count). The van der Waals surface area contributed by atoms with Crippen LogP contribution in [0.25, 0.3) is 0 Å². The van der Waals surface area contributed by atoms with Crippen molar-refractivity contribution in [3.63, 3.8) is 0 Å². The number of nitrogens with one attached hydrogen (secondary N) is 1. The minimum atomic E-state index is -0.0323. The molecule has 0 radical (unpaired) electrons. The van der Waals surface area contributed by atoms with Gasteiger partial charge in [-0.1, -0.05) is 13.8 Å². The third-order valence-electron chi connectivity index (χ3n) is 2.20. The van der Waals surface area contributed by atoms with E-state index in [0.29, 0.717) is 13.0 Å². The van der Waals surface area contributed by atoms with E-state index in [1.54, 1.807) is 0 Å². The van der Waals surface area contributed by atoms with Gasteiger partial charge in [-0.05, 0) is 6.42 Å². The van der Waals surface area contributed by atoms with E-state index >= 15 is 0 Å². The van der Waals surface area contributed by atoms with Crippen LogP contribution in [0.2, 0.25) is 0 Å². The molecule has 12 heavy (non-hydrogen) atoms. The standard InChI is InChI=1S/C9H18N2O/c1-3-9(2,8-12)7-11-6-4-5-10/h11-12H,3-4,6-8H2,1-2H3. The van der Waals surface area contributed by atoms with Crippen molar-refractivity contribution in [2.45, 2.75) is 26.7 Å². The average Bonchev–Trinajstić information content (AvgIpc) is 2.12. The molecule has 0 fully saturated rings. The van der Waals surface area contributed by atoms with Crippen molar-refractivity contribution in [1.82, 2.24) is 5.32 Å². The minimum Gasteiger partial charge on any atom is -0.396 e. The maximum absolute atomic E-state index is 9.04. The highest BCUT2D eigenvalue weighted by molar-refractivity contribution is 4.76. The van der Waals surface area contributed by atoms with Crippen molar-refractivity contribution in [1.29, 1.82) is 5.26 Å². The van der Waals surface area contributed by atoms with Crippen molar-refractivity contribution >= 4 is 0 Å². The van der Waals surface area contributed by atoms with E-state index in [2.05, 4.69) is 18.3 Å². The van der Waals surface area contributed by atoms with E-state index in [0.717, 1.165) is 13.0 Å². The van der Waals surface area contributed by atoms with E-state index in [-0.39, 0.29) is 12.0 Å². The first-order valence-electron chi connectivity index (χ1n) is 4.37. The van der Waals surface area contributed by atoms with E-state index in [1.807, 2.05) is 6.92 Å². The molecule has 70 valence electrons.